The molecule has 84 valence electrons. The summed E-state index contributed by atoms with van der Waals surface area (Å²) in [6, 6.07) is 0. The summed E-state index contributed by atoms with van der Waals surface area (Å²) in [5.41, 5.74) is 0. The van der Waals surface area contributed by atoms with E-state index in [4.69, 9.17) is 9.47 Å². The molecule has 2 nitrogen and oxygen atoms in total. The molecule has 1 aliphatic heterocycles. The molecule has 0 radical (unpaired) electrons. The summed E-state index contributed by atoms with van der Waals surface area (Å²) in [6.07, 6.45) is 7.12. The number of hydrogen-bond donors (Lipinski definition) is 0. The van der Waals surface area contributed by atoms with Crippen molar-refractivity contribution in [3.05, 3.63) is 0 Å². The number of rotatable bonds is 6. The molecule has 0 aromatic heterocycles. The van der Waals surface area contributed by atoms with Crippen LogP contribution in [0.15, 0.2) is 0 Å². The molecule has 1 aliphatic rings. The third kappa shape index (κ3) is 3.70. The first kappa shape index (κ1) is 12.8. The minimum absolute atomic E-state index is 0.178. The quantitative estimate of drug-likeness (QED) is 0.697. The average Bonchev–Trinajstić information content (AvgIpc) is 2.55. The van der Waals surface area contributed by atoms with Crippen molar-refractivity contribution in [2.45, 2.75) is 62.3 Å². The van der Waals surface area contributed by atoms with E-state index < -0.39 is 0 Å². The van der Waals surface area contributed by atoms with Crippen molar-refractivity contribution in [1.82, 2.24) is 0 Å². The van der Waals surface area contributed by atoms with Gasteiger partial charge in [0.05, 0.1) is 0 Å². The summed E-state index contributed by atoms with van der Waals surface area (Å²) in [5, 5.41) is 0. The summed E-state index contributed by atoms with van der Waals surface area (Å²) in [5.74, 6) is -0.178. The van der Waals surface area contributed by atoms with Crippen LogP contribution in [0.3, 0.4) is 0 Å². The second-order valence-electron chi connectivity index (χ2n) is 4.36. The van der Waals surface area contributed by atoms with Crippen LogP contribution in [0.4, 0.5) is 0 Å². The number of hydrogen-bond acceptors (Lipinski definition) is 2. The topological polar surface area (TPSA) is 18.5 Å². The van der Waals surface area contributed by atoms with Crippen molar-refractivity contribution in [2.75, 3.05) is 6.61 Å². The Morgan fingerprint density at radius 3 is 2.14 bits per heavy atom. The first-order valence-electron chi connectivity index (χ1n) is 6.04. The Morgan fingerprint density at radius 1 is 1.21 bits per heavy atom. The van der Waals surface area contributed by atoms with Gasteiger partial charge in [-0.3, -0.25) is 0 Å². The molecule has 1 saturated heterocycles. The number of ether oxygens (including phenoxy) is 2. The zero-order valence-corrected chi connectivity index (χ0v) is 15.6. The molecule has 3 heteroatoms. The van der Waals surface area contributed by atoms with Crippen LogP contribution in [-0.4, -0.2) is 39.0 Å². The van der Waals surface area contributed by atoms with E-state index in [-0.39, 0.29) is 5.79 Å². The Bertz CT molecular complexity index is 153. The van der Waals surface area contributed by atoms with Crippen LogP contribution in [0.5, 0.6) is 0 Å². The normalized spacial score (nSPS) is 25.7. The standard InChI is InChI=1S/C11H21O2.Sn.3H/c1-3-5-7-11(8-6-4-2)12-9-10-13-11;;;;/h9H,3-8,10H2,1-2H3;;;;. The maximum atomic E-state index is 6.02. The van der Waals surface area contributed by atoms with E-state index in [1.54, 1.807) is 0 Å². The zero-order chi connectivity index (χ0) is 10.4. The Morgan fingerprint density at radius 2 is 1.79 bits per heavy atom. The first-order valence-corrected chi connectivity index (χ1v) is 9.34. The SMILES string of the molecule is CCCCC1(CCCC)OC[CH]([SnH3])O1. The van der Waals surface area contributed by atoms with E-state index in [9.17, 15) is 0 Å². The Hall–Kier alpha value is 0.719. The molecule has 0 aromatic carbocycles. The minimum atomic E-state index is -0.178. The predicted octanol–water partition coefficient (Wildman–Crippen LogP) is 1.80. The summed E-state index contributed by atoms with van der Waals surface area (Å²) >= 11 is 0.581. The molecule has 1 heterocycles. The molecule has 0 bridgehead atoms. The van der Waals surface area contributed by atoms with Crippen molar-refractivity contribution >= 4 is 22.5 Å². The fourth-order valence-electron chi connectivity index (χ4n) is 1.98. The van der Waals surface area contributed by atoms with Gasteiger partial charge in [-0.2, -0.15) is 0 Å². The van der Waals surface area contributed by atoms with Crippen molar-refractivity contribution in [3.8, 4) is 0 Å². The van der Waals surface area contributed by atoms with Crippen LogP contribution in [0.2, 0.25) is 0 Å². The Kier molecular flexibility index (Phi) is 5.78. The Labute approximate surface area is 101 Å². The van der Waals surface area contributed by atoms with Gasteiger partial charge in [-0.25, -0.2) is 0 Å². The van der Waals surface area contributed by atoms with Gasteiger partial charge in [0.25, 0.3) is 0 Å². The molecule has 1 rings (SSSR count). The zero-order valence-electron chi connectivity index (χ0n) is 9.84. The van der Waals surface area contributed by atoms with Crippen LogP contribution < -0.4 is 0 Å². The molecule has 1 atom stereocenters. The van der Waals surface area contributed by atoms with Gasteiger partial charge in [-0.1, -0.05) is 0 Å². The summed E-state index contributed by atoms with van der Waals surface area (Å²) in [7, 11) is 0. The van der Waals surface area contributed by atoms with Crippen LogP contribution in [0.25, 0.3) is 0 Å². The second kappa shape index (κ2) is 6.33. The van der Waals surface area contributed by atoms with Crippen molar-refractivity contribution in [1.29, 1.82) is 0 Å². The van der Waals surface area contributed by atoms with E-state index in [1.807, 2.05) is 0 Å². The van der Waals surface area contributed by atoms with Crippen LogP contribution in [0.1, 0.15) is 52.4 Å². The molecule has 0 aliphatic carbocycles. The molecular formula is C11H24O2Sn. The van der Waals surface area contributed by atoms with Crippen LogP contribution in [0, 0.1) is 0 Å². The number of unbranched alkanes of at least 4 members (excludes halogenated alkanes) is 2. The van der Waals surface area contributed by atoms with Crippen LogP contribution >= 0.6 is 0 Å². The van der Waals surface area contributed by atoms with E-state index >= 15 is 0 Å². The van der Waals surface area contributed by atoms with E-state index in [2.05, 4.69) is 13.8 Å². The predicted molar refractivity (Wildman–Crippen MR) is 62.5 cm³/mol. The molecule has 0 amide bonds. The van der Waals surface area contributed by atoms with Gasteiger partial charge in [0, 0.05) is 0 Å². The second-order valence-corrected chi connectivity index (χ2v) is 8.03. The van der Waals surface area contributed by atoms with Gasteiger partial charge >= 0.3 is 101 Å². The third-order valence-corrected chi connectivity index (χ3v) is 4.44. The van der Waals surface area contributed by atoms with Gasteiger partial charge in [0.15, 0.2) is 0 Å². The van der Waals surface area contributed by atoms with Gasteiger partial charge in [0.1, 0.15) is 0 Å². The van der Waals surface area contributed by atoms with Gasteiger partial charge < -0.3 is 0 Å². The summed E-state index contributed by atoms with van der Waals surface area (Å²) in [6.45, 7) is 5.32. The van der Waals surface area contributed by atoms with E-state index in [1.165, 1.54) is 25.7 Å². The molecule has 1 unspecified atom stereocenters. The fourth-order valence-corrected chi connectivity index (χ4v) is 3.69. The molecular weight excluding hydrogens is 283 g/mol. The van der Waals surface area contributed by atoms with Crippen molar-refractivity contribution in [2.24, 2.45) is 0 Å². The van der Waals surface area contributed by atoms with Gasteiger partial charge in [0.2, 0.25) is 0 Å². The molecule has 14 heavy (non-hydrogen) atoms. The molecule has 1 fully saturated rings. The first-order chi connectivity index (χ1) is 6.72. The van der Waals surface area contributed by atoms with Crippen molar-refractivity contribution in [3.63, 3.8) is 0 Å². The molecule has 0 spiro atoms. The third-order valence-electron chi connectivity index (χ3n) is 2.82. The average molecular weight is 307 g/mol. The van der Waals surface area contributed by atoms with Crippen molar-refractivity contribution < 1.29 is 9.47 Å². The monoisotopic (exact) mass is 308 g/mol. The molecule has 0 saturated carbocycles. The summed E-state index contributed by atoms with van der Waals surface area (Å²) in [4.78, 5) is 0. The fraction of sp³-hybridized carbons (Fsp3) is 1.00. The van der Waals surface area contributed by atoms with E-state index in [0.717, 1.165) is 19.4 Å². The van der Waals surface area contributed by atoms with Gasteiger partial charge in [-0.05, 0) is 0 Å². The molecule has 0 aromatic rings. The molecule has 0 N–H and O–H groups in total. The summed E-state index contributed by atoms with van der Waals surface area (Å²) < 4.78 is 12.4. The van der Waals surface area contributed by atoms with Crippen LogP contribution in [-0.2, 0) is 9.47 Å². The maximum absolute atomic E-state index is 6.02. The van der Waals surface area contributed by atoms with Gasteiger partial charge in [-0.15, -0.1) is 0 Å². The van der Waals surface area contributed by atoms with E-state index in [0.29, 0.717) is 26.6 Å². The Balaban J connectivity index is 2.42.